The predicted molar refractivity (Wildman–Crippen MR) is 218 cm³/mol. The number of hydrogen-bond donors (Lipinski definition) is 4. The number of aliphatic hydroxyl groups is 3. The largest absolute Gasteiger partial charge is 0.481 e. The molecule has 7 unspecified atom stereocenters. The number of ether oxygens (including phenoxy) is 1. The molecule has 318 valence electrons. The van der Waals surface area contributed by atoms with Crippen molar-refractivity contribution in [2.24, 2.45) is 92.2 Å². The molecular formula is C49H80O7. The van der Waals surface area contributed by atoms with Gasteiger partial charge in [0.15, 0.2) is 0 Å². The van der Waals surface area contributed by atoms with Gasteiger partial charge in [-0.05, 0) is 196 Å². The molecule has 4 N–H and O–H groups in total. The second-order valence-electron chi connectivity index (χ2n) is 23.2. The third-order valence-corrected chi connectivity index (χ3v) is 21.2. The number of carboxylic acid groups (broad SMARTS) is 1. The zero-order chi connectivity index (χ0) is 40.2. The first-order valence-corrected chi connectivity index (χ1v) is 23.9. The molecule has 7 heteroatoms. The van der Waals surface area contributed by atoms with Crippen molar-refractivity contribution in [3.63, 3.8) is 0 Å². The van der Waals surface area contributed by atoms with Crippen molar-refractivity contribution in [1.29, 1.82) is 0 Å². The molecule has 0 aromatic carbocycles. The molecule has 56 heavy (non-hydrogen) atoms. The Bertz CT molecular complexity index is 1480. The Morgan fingerprint density at radius 3 is 1.86 bits per heavy atom. The van der Waals surface area contributed by atoms with Gasteiger partial charge in [0, 0.05) is 6.42 Å². The number of aliphatic carboxylic acids is 1. The summed E-state index contributed by atoms with van der Waals surface area (Å²) in [6.45, 7) is 16.9. The van der Waals surface area contributed by atoms with Crippen molar-refractivity contribution < 1.29 is 34.8 Å². The van der Waals surface area contributed by atoms with Gasteiger partial charge in [0.05, 0.1) is 23.7 Å². The van der Waals surface area contributed by atoms with Crippen LogP contribution in [0.25, 0.3) is 0 Å². The van der Waals surface area contributed by atoms with Gasteiger partial charge in [-0.3, -0.25) is 9.59 Å². The van der Waals surface area contributed by atoms with Gasteiger partial charge in [-0.15, -0.1) is 0 Å². The smallest absolute Gasteiger partial charge is 0.313 e. The molecule has 0 aliphatic heterocycles. The zero-order valence-electron chi connectivity index (χ0n) is 36.3. The maximum atomic E-state index is 15.0. The molecule has 0 heterocycles. The van der Waals surface area contributed by atoms with E-state index in [0.717, 1.165) is 77.0 Å². The number of carbonyl (C=O) groups is 2. The molecule has 0 bridgehead atoms. The van der Waals surface area contributed by atoms with Gasteiger partial charge >= 0.3 is 11.9 Å². The van der Waals surface area contributed by atoms with Gasteiger partial charge < -0.3 is 25.2 Å². The van der Waals surface area contributed by atoms with E-state index in [1.807, 2.05) is 0 Å². The summed E-state index contributed by atoms with van der Waals surface area (Å²) in [7, 11) is 0. The Labute approximate surface area is 339 Å². The number of esters is 1. The number of carboxylic acids is 1. The highest BCUT2D eigenvalue weighted by Crippen LogP contribution is 2.73. The third-order valence-electron chi connectivity index (χ3n) is 21.2. The van der Waals surface area contributed by atoms with Crippen LogP contribution in [0, 0.1) is 92.2 Å². The molecule has 0 aromatic heterocycles. The van der Waals surface area contributed by atoms with Crippen LogP contribution in [0.2, 0.25) is 0 Å². The summed E-state index contributed by atoms with van der Waals surface area (Å²) in [5.74, 6) is 3.91. The Morgan fingerprint density at radius 1 is 0.661 bits per heavy atom. The van der Waals surface area contributed by atoms with Crippen LogP contribution in [0.15, 0.2) is 0 Å². The van der Waals surface area contributed by atoms with E-state index in [-0.39, 0.29) is 64.0 Å². The summed E-state index contributed by atoms with van der Waals surface area (Å²) in [6.07, 6.45) is 16.8. The third kappa shape index (κ3) is 6.15. The lowest BCUT2D eigenvalue weighted by Crippen LogP contribution is -2.66. The molecule has 0 aromatic rings. The minimum absolute atomic E-state index is 0.103. The van der Waals surface area contributed by atoms with E-state index in [4.69, 9.17) is 4.74 Å². The lowest BCUT2D eigenvalue weighted by atomic mass is 9.39. The molecule has 0 amide bonds. The van der Waals surface area contributed by atoms with E-state index >= 15 is 4.79 Å². The van der Waals surface area contributed by atoms with Gasteiger partial charge in [0.2, 0.25) is 0 Å². The van der Waals surface area contributed by atoms with Crippen molar-refractivity contribution in [1.82, 2.24) is 0 Å². The van der Waals surface area contributed by atoms with E-state index in [1.54, 1.807) is 0 Å². The molecule has 7 nitrogen and oxygen atoms in total. The van der Waals surface area contributed by atoms with Crippen molar-refractivity contribution in [2.45, 2.75) is 201 Å². The summed E-state index contributed by atoms with van der Waals surface area (Å²) < 4.78 is 6.76. The Morgan fingerprint density at radius 2 is 1.23 bits per heavy atom. The highest BCUT2D eigenvalue weighted by Gasteiger charge is 2.70. The first-order chi connectivity index (χ1) is 26.4. The standard InChI is InChI=1S/C49H80O7/c1-8-9-28(2)33-11-14-36-43-38(19-22-47(33,36)6)48(7)23-16-31(50)26-49(48,27-40(43)52)44(55)56-32-17-20-45(4)30(24-32)25-39(51)42-35-13-12-34(29(3)10-15-41(53)54)46(35,5)21-18-37(42)45/h28-40,42-43,50-52H,8-27H2,1-7H3,(H,53,54)/t28-,29-,30?,31?,32-,33-,34-,35+,36?,37+,38?,39-,40?,42+,43?,45+,46-,47-,48-,49?/m1/s1. The van der Waals surface area contributed by atoms with Crippen LogP contribution in [0.1, 0.15) is 177 Å². The fraction of sp³-hybridized carbons (Fsp3) is 0.959. The van der Waals surface area contributed by atoms with Crippen molar-refractivity contribution in [3.8, 4) is 0 Å². The topological polar surface area (TPSA) is 124 Å². The fourth-order valence-corrected chi connectivity index (χ4v) is 18.4. The summed E-state index contributed by atoms with van der Waals surface area (Å²) in [5, 5.41) is 45.0. The summed E-state index contributed by atoms with van der Waals surface area (Å²) >= 11 is 0. The van der Waals surface area contributed by atoms with Gasteiger partial charge in [-0.1, -0.05) is 61.3 Å². The quantitative estimate of drug-likeness (QED) is 0.172. The van der Waals surface area contributed by atoms with Crippen LogP contribution < -0.4 is 0 Å². The SMILES string of the molecule is CCC[C@@H](C)[C@H]1CCC2C3C(O)CC4(C(=O)O[C@@H]5CC[C@@]6(C)C(C5)C[C@@H](O)[C@H]5[C@@H]7CC[C@H]([C@H](C)CCC(=O)O)[C@@]7(C)CC[C@@H]56)CC(O)CC[C@]4(C)C3CC[C@@]21C. The minimum atomic E-state index is -0.876. The van der Waals surface area contributed by atoms with Gasteiger partial charge in [-0.25, -0.2) is 0 Å². The second-order valence-corrected chi connectivity index (χ2v) is 23.2. The van der Waals surface area contributed by atoms with E-state index in [0.29, 0.717) is 60.2 Å². The van der Waals surface area contributed by atoms with E-state index in [9.17, 15) is 25.2 Å². The van der Waals surface area contributed by atoms with Crippen molar-refractivity contribution >= 4 is 11.9 Å². The Balaban J connectivity index is 0.977. The van der Waals surface area contributed by atoms with Crippen LogP contribution in [-0.2, 0) is 14.3 Å². The van der Waals surface area contributed by atoms with Crippen LogP contribution in [0.4, 0.5) is 0 Å². The molecule has 0 saturated heterocycles. The van der Waals surface area contributed by atoms with Gasteiger partial charge in [0.1, 0.15) is 6.10 Å². The number of hydrogen-bond acceptors (Lipinski definition) is 6. The molecular weight excluding hydrogens is 701 g/mol. The molecule has 20 atom stereocenters. The highest BCUT2D eigenvalue weighted by atomic mass is 16.5. The average molecular weight is 781 g/mol. The monoisotopic (exact) mass is 781 g/mol. The highest BCUT2D eigenvalue weighted by molar-refractivity contribution is 5.79. The van der Waals surface area contributed by atoms with Crippen LogP contribution in [-0.4, -0.2) is 56.8 Å². The van der Waals surface area contributed by atoms with E-state index in [2.05, 4.69) is 48.5 Å². The first kappa shape index (κ1) is 41.5. The number of fused-ring (bicyclic) bond motifs is 10. The summed E-state index contributed by atoms with van der Waals surface area (Å²) in [4.78, 5) is 26.4. The van der Waals surface area contributed by atoms with Crippen LogP contribution in [0.3, 0.4) is 0 Å². The summed E-state index contributed by atoms with van der Waals surface area (Å²) in [5.41, 5.74) is -0.681. The number of carbonyl (C=O) groups excluding carboxylic acids is 1. The lowest BCUT2D eigenvalue weighted by Gasteiger charge is -2.66. The molecule has 8 fully saturated rings. The normalized spacial score (nSPS) is 53.3. The molecule has 8 aliphatic carbocycles. The zero-order valence-corrected chi connectivity index (χ0v) is 36.3. The lowest BCUT2D eigenvalue weighted by molar-refractivity contribution is -0.235. The minimum Gasteiger partial charge on any atom is -0.481 e. The number of rotatable bonds is 9. The predicted octanol–water partition coefficient (Wildman–Crippen LogP) is 9.83. The molecule has 0 radical (unpaired) electrons. The van der Waals surface area contributed by atoms with Crippen molar-refractivity contribution in [3.05, 3.63) is 0 Å². The Kier molecular flexibility index (Phi) is 11.0. The molecule has 8 aliphatic rings. The second kappa shape index (κ2) is 14.8. The van der Waals surface area contributed by atoms with Gasteiger partial charge in [-0.2, -0.15) is 0 Å². The average Bonchev–Trinajstić information content (AvgIpc) is 3.68. The molecule has 8 saturated carbocycles. The first-order valence-electron chi connectivity index (χ1n) is 23.9. The van der Waals surface area contributed by atoms with E-state index < -0.39 is 23.6 Å². The summed E-state index contributed by atoms with van der Waals surface area (Å²) in [6, 6.07) is 0. The van der Waals surface area contributed by atoms with Gasteiger partial charge in [0.25, 0.3) is 0 Å². The maximum absolute atomic E-state index is 15.0. The maximum Gasteiger partial charge on any atom is 0.313 e. The Hall–Kier alpha value is -1.18. The number of aliphatic hydroxyl groups excluding tert-OH is 3. The molecule has 0 spiro atoms. The van der Waals surface area contributed by atoms with E-state index in [1.165, 1.54) is 32.1 Å². The fourth-order valence-electron chi connectivity index (χ4n) is 18.4. The molecule has 8 rings (SSSR count). The van der Waals surface area contributed by atoms with Crippen LogP contribution >= 0.6 is 0 Å². The van der Waals surface area contributed by atoms with Crippen LogP contribution in [0.5, 0.6) is 0 Å². The van der Waals surface area contributed by atoms with Crippen molar-refractivity contribution in [2.75, 3.05) is 0 Å².